The minimum Gasteiger partial charge on any atom is -0.481 e. The molecule has 4 heteroatoms. The van der Waals surface area contributed by atoms with E-state index in [2.05, 4.69) is 4.98 Å². The van der Waals surface area contributed by atoms with E-state index in [0.717, 1.165) is 11.1 Å². The normalized spacial score (nSPS) is 12.3. The molecule has 0 fully saturated rings. The van der Waals surface area contributed by atoms with Crippen LogP contribution in [0.15, 0.2) is 42.7 Å². The number of carbonyl (C=O) groups is 1. The summed E-state index contributed by atoms with van der Waals surface area (Å²) in [5, 5.41) is 8.95. The summed E-state index contributed by atoms with van der Waals surface area (Å²) >= 11 is 0. The topological polar surface area (TPSA) is 53.1 Å². The van der Waals surface area contributed by atoms with Gasteiger partial charge >= 0.3 is 5.97 Å². The molecule has 3 nitrogen and oxygen atoms in total. The van der Waals surface area contributed by atoms with E-state index >= 15 is 0 Å². The van der Waals surface area contributed by atoms with Gasteiger partial charge in [-0.25, -0.2) is 4.39 Å². The molecule has 1 unspecified atom stereocenters. The first kappa shape index (κ1) is 13.3. The van der Waals surface area contributed by atoms with Gasteiger partial charge in [-0.1, -0.05) is 12.1 Å². The second-order valence-corrected chi connectivity index (χ2v) is 4.61. The number of halogens is 1. The van der Waals surface area contributed by atoms with Crippen LogP contribution in [0.2, 0.25) is 0 Å². The van der Waals surface area contributed by atoms with Gasteiger partial charge in [0.25, 0.3) is 0 Å². The van der Waals surface area contributed by atoms with Crippen molar-refractivity contribution in [3.63, 3.8) is 0 Å². The van der Waals surface area contributed by atoms with E-state index in [1.54, 1.807) is 12.3 Å². The third-order valence-corrected chi connectivity index (χ3v) is 3.18. The molecule has 1 aromatic carbocycles. The molecule has 100 valence electrons. The van der Waals surface area contributed by atoms with Gasteiger partial charge in [-0.2, -0.15) is 0 Å². The molecule has 2 rings (SSSR count). The van der Waals surface area contributed by atoms with E-state index in [-0.39, 0.29) is 18.2 Å². The number of carboxylic acid groups (broad SMARTS) is 1. The van der Waals surface area contributed by atoms with Gasteiger partial charge in [0.1, 0.15) is 5.82 Å². The molecule has 0 aliphatic carbocycles. The van der Waals surface area contributed by atoms with Crippen molar-refractivity contribution < 1.29 is 14.3 Å². The fraction of sp³-hybridized carbons (Fsp3) is 0.267. The molecule has 19 heavy (non-hydrogen) atoms. The molecule has 0 saturated heterocycles. The Balaban J connectivity index is 2.02. The highest BCUT2D eigenvalue weighted by Gasteiger charge is 2.16. The molecule has 1 heterocycles. The molecule has 0 aliphatic rings. The number of aliphatic carboxylic acids is 1. The van der Waals surface area contributed by atoms with Crippen molar-refractivity contribution in [3.05, 3.63) is 59.7 Å². The van der Waals surface area contributed by atoms with E-state index in [1.165, 1.54) is 12.1 Å². The van der Waals surface area contributed by atoms with E-state index < -0.39 is 5.97 Å². The summed E-state index contributed by atoms with van der Waals surface area (Å²) in [6.07, 6.45) is 5.05. The lowest BCUT2D eigenvalue weighted by atomic mass is 9.91. The van der Waals surface area contributed by atoms with Crippen molar-refractivity contribution in [1.29, 1.82) is 0 Å². The predicted octanol–water partition coefficient (Wildman–Crippen LogP) is 3.34. The third kappa shape index (κ3) is 3.95. The molecule has 2 N–H and O–H groups in total. The number of H-pyrrole nitrogens is 1. The molecular weight excluding hydrogens is 245 g/mol. The highest BCUT2D eigenvalue weighted by Crippen LogP contribution is 2.25. The van der Waals surface area contributed by atoms with Crippen molar-refractivity contribution in [2.24, 2.45) is 0 Å². The van der Waals surface area contributed by atoms with E-state index in [4.69, 9.17) is 5.11 Å². The van der Waals surface area contributed by atoms with Crippen molar-refractivity contribution >= 4 is 5.97 Å². The minimum absolute atomic E-state index is 0.0491. The number of aromatic nitrogens is 1. The maximum absolute atomic E-state index is 13.1. The lowest BCUT2D eigenvalue weighted by molar-refractivity contribution is -0.137. The Morgan fingerprint density at radius 1 is 1.37 bits per heavy atom. The van der Waals surface area contributed by atoms with Crippen LogP contribution in [0.4, 0.5) is 4.39 Å². The molecule has 0 bridgehead atoms. The number of nitrogens with one attached hydrogen (secondary N) is 1. The van der Waals surface area contributed by atoms with Crippen LogP contribution in [0.5, 0.6) is 0 Å². The van der Waals surface area contributed by atoms with Gasteiger partial charge < -0.3 is 10.1 Å². The number of carboxylic acids is 1. The highest BCUT2D eigenvalue weighted by molar-refractivity contribution is 5.68. The van der Waals surface area contributed by atoms with Crippen molar-refractivity contribution in [2.75, 3.05) is 0 Å². The smallest absolute Gasteiger partial charge is 0.303 e. The van der Waals surface area contributed by atoms with Gasteiger partial charge in [-0.05, 0) is 48.1 Å². The monoisotopic (exact) mass is 261 g/mol. The maximum atomic E-state index is 13.1. The molecule has 0 saturated carbocycles. The molecule has 0 aliphatic heterocycles. The lowest BCUT2D eigenvalue weighted by Gasteiger charge is -2.13. The molecule has 1 aromatic heterocycles. The fourth-order valence-electron chi connectivity index (χ4n) is 2.22. The van der Waals surface area contributed by atoms with Crippen molar-refractivity contribution in [2.45, 2.75) is 25.2 Å². The van der Waals surface area contributed by atoms with Gasteiger partial charge in [0, 0.05) is 12.4 Å². The zero-order valence-corrected chi connectivity index (χ0v) is 10.5. The number of benzene rings is 1. The van der Waals surface area contributed by atoms with Gasteiger partial charge in [0.2, 0.25) is 0 Å². The Kier molecular flexibility index (Phi) is 4.34. The van der Waals surface area contributed by atoms with Gasteiger partial charge in [0.05, 0.1) is 6.42 Å². The van der Waals surface area contributed by atoms with Crippen LogP contribution in [-0.2, 0) is 11.2 Å². The maximum Gasteiger partial charge on any atom is 0.303 e. The van der Waals surface area contributed by atoms with Crippen LogP contribution in [0, 0.1) is 5.82 Å². The van der Waals surface area contributed by atoms with Gasteiger partial charge in [-0.15, -0.1) is 0 Å². The second kappa shape index (κ2) is 6.18. The second-order valence-electron chi connectivity index (χ2n) is 4.61. The first-order valence-electron chi connectivity index (χ1n) is 6.24. The Morgan fingerprint density at radius 3 is 2.84 bits per heavy atom. The SMILES string of the molecule is O=C(O)CC(CCc1cccc(F)c1)c1cc[nH]c1. The standard InChI is InChI=1S/C15H16FNO2/c16-14-3-1-2-11(8-14)4-5-12(9-15(18)19)13-6-7-17-10-13/h1-3,6-8,10,12,17H,4-5,9H2,(H,18,19). The van der Waals surface area contributed by atoms with E-state index in [0.29, 0.717) is 12.8 Å². The Bertz CT molecular complexity index is 537. The fourth-order valence-corrected chi connectivity index (χ4v) is 2.22. The predicted molar refractivity (Wildman–Crippen MR) is 70.5 cm³/mol. The summed E-state index contributed by atoms with van der Waals surface area (Å²) in [5.41, 5.74) is 1.88. The van der Waals surface area contributed by atoms with Gasteiger partial charge in [-0.3, -0.25) is 4.79 Å². The Hall–Kier alpha value is -2.10. The average Bonchev–Trinajstić information content (AvgIpc) is 2.88. The van der Waals surface area contributed by atoms with Crippen LogP contribution in [0.3, 0.4) is 0 Å². The number of aromatic amines is 1. The average molecular weight is 261 g/mol. The number of rotatable bonds is 6. The number of hydrogen-bond acceptors (Lipinski definition) is 1. The lowest BCUT2D eigenvalue weighted by Crippen LogP contribution is -2.07. The molecule has 0 amide bonds. The zero-order chi connectivity index (χ0) is 13.7. The molecular formula is C15H16FNO2. The largest absolute Gasteiger partial charge is 0.481 e. The van der Waals surface area contributed by atoms with Crippen LogP contribution in [0.1, 0.15) is 29.9 Å². The van der Waals surface area contributed by atoms with E-state index in [1.807, 2.05) is 18.3 Å². The summed E-state index contributed by atoms with van der Waals surface area (Å²) in [7, 11) is 0. The summed E-state index contributed by atoms with van der Waals surface area (Å²) in [4.78, 5) is 13.8. The first-order valence-corrected chi connectivity index (χ1v) is 6.24. The quantitative estimate of drug-likeness (QED) is 0.837. The van der Waals surface area contributed by atoms with Crippen LogP contribution >= 0.6 is 0 Å². The Labute approximate surface area is 111 Å². The number of hydrogen-bond donors (Lipinski definition) is 2. The summed E-state index contributed by atoms with van der Waals surface area (Å²) in [6, 6.07) is 8.32. The zero-order valence-electron chi connectivity index (χ0n) is 10.5. The van der Waals surface area contributed by atoms with Crippen LogP contribution in [0.25, 0.3) is 0 Å². The molecule has 2 aromatic rings. The molecule has 0 spiro atoms. The van der Waals surface area contributed by atoms with E-state index in [9.17, 15) is 9.18 Å². The van der Waals surface area contributed by atoms with Crippen molar-refractivity contribution in [3.8, 4) is 0 Å². The molecule has 1 atom stereocenters. The first-order chi connectivity index (χ1) is 9.15. The third-order valence-electron chi connectivity index (χ3n) is 3.18. The minimum atomic E-state index is -0.814. The summed E-state index contributed by atoms with van der Waals surface area (Å²) in [6.45, 7) is 0. The van der Waals surface area contributed by atoms with Crippen molar-refractivity contribution in [1.82, 2.24) is 4.98 Å². The molecule has 0 radical (unpaired) electrons. The van der Waals surface area contributed by atoms with Crippen LogP contribution < -0.4 is 0 Å². The Morgan fingerprint density at radius 2 is 2.21 bits per heavy atom. The summed E-state index contributed by atoms with van der Waals surface area (Å²) < 4.78 is 13.1. The highest BCUT2D eigenvalue weighted by atomic mass is 19.1. The van der Waals surface area contributed by atoms with Gasteiger partial charge in [0.15, 0.2) is 0 Å². The summed E-state index contributed by atoms with van der Waals surface area (Å²) in [5.74, 6) is -1.12. The number of aryl methyl sites for hydroxylation is 1. The van der Waals surface area contributed by atoms with Crippen LogP contribution in [-0.4, -0.2) is 16.1 Å².